The van der Waals surface area contributed by atoms with Crippen LogP contribution in [0.3, 0.4) is 0 Å². The summed E-state index contributed by atoms with van der Waals surface area (Å²) in [6.45, 7) is 3.19. The third-order valence-electron chi connectivity index (χ3n) is 6.28. The number of benzene rings is 4. The molecule has 2 heterocycles. The number of rotatable bonds is 3. The molecule has 0 radical (unpaired) electrons. The monoisotopic (exact) mass is 546 g/mol. The highest BCUT2D eigenvalue weighted by molar-refractivity contribution is 7.19. The van der Waals surface area contributed by atoms with Gasteiger partial charge in [-0.15, -0.1) is 0 Å². The van der Waals surface area contributed by atoms with Gasteiger partial charge in [-0.05, 0) is 54.3 Å². The molecule has 2 nitrogen and oxygen atoms in total. The molecule has 4 aromatic carbocycles. The molecule has 6 aromatic rings. The first-order valence-electron chi connectivity index (χ1n) is 10.7. The second-order valence-corrected chi connectivity index (χ2v) is 9.07. The van der Waals surface area contributed by atoms with E-state index in [4.69, 9.17) is 0 Å². The van der Waals surface area contributed by atoms with Crippen LogP contribution in [0.5, 0.6) is 0 Å². The second-order valence-electron chi connectivity index (χ2n) is 8.00. The van der Waals surface area contributed by atoms with Gasteiger partial charge in [0.2, 0.25) is 5.52 Å². The van der Waals surface area contributed by atoms with Crippen LogP contribution >= 0.6 is 11.3 Å². The molecule has 158 valence electrons. The SMILES string of the molecule is CCn1c2ccccc2c2cc(/C=C/c3sc4ccc5ccccc5c4[n+]3C)ccc21.[I-]. The van der Waals surface area contributed by atoms with Crippen LogP contribution < -0.4 is 28.5 Å². The lowest BCUT2D eigenvalue weighted by Crippen LogP contribution is -3.00. The van der Waals surface area contributed by atoms with E-state index < -0.39 is 0 Å². The molecule has 0 unspecified atom stereocenters. The van der Waals surface area contributed by atoms with Crippen LogP contribution in [0.1, 0.15) is 17.5 Å². The minimum atomic E-state index is 0. The van der Waals surface area contributed by atoms with Crippen molar-refractivity contribution < 1.29 is 28.5 Å². The average molecular weight is 546 g/mol. The van der Waals surface area contributed by atoms with Crippen LogP contribution in [0.15, 0.2) is 78.9 Å². The van der Waals surface area contributed by atoms with E-state index in [-0.39, 0.29) is 24.0 Å². The van der Waals surface area contributed by atoms with E-state index in [1.807, 2.05) is 11.3 Å². The van der Waals surface area contributed by atoms with Crippen molar-refractivity contribution in [2.45, 2.75) is 13.5 Å². The molecular formula is C28H23IN2S. The molecule has 0 amide bonds. The largest absolute Gasteiger partial charge is 1.00 e. The summed E-state index contributed by atoms with van der Waals surface area (Å²) in [5.74, 6) is 0. The van der Waals surface area contributed by atoms with Crippen molar-refractivity contribution in [3.8, 4) is 0 Å². The van der Waals surface area contributed by atoms with E-state index in [9.17, 15) is 0 Å². The number of thiazole rings is 1. The number of hydrogen-bond donors (Lipinski definition) is 0. The summed E-state index contributed by atoms with van der Waals surface area (Å²) in [6.07, 6.45) is 4.49. The lowest BCUT2D eigenvalue weighted by Gasteiger charge is -2.02. The Morgan fingerprint density at radius 3 is 2.41 bits per heavy atom. The van der Waals surface area contributed by atoms with E-state index in [1.54, 1.807) is 0 Å². The van der Waals surface area contributed by atoms with Crippen molar-refractivity contribution in [1.29, 1.82) is 0 Å². The van der Waals surface area contributed by atoms with Crippen molar-refractivity contribution in [3.63, 3.8) is 0 Å². The molecule has 0 atom stereocenters. The lowest BCUT2D eigenvalue weighted by atomic mass is 10.1. The van der Waals surface area contributed by atoms with Gasteiger partial charge in [0.1, 0.15) is 11.7 Å². The summed E-state index contributed by atoms with van der Waals surface area (Å²) in [7, 11) is 2.17. The summed E-state index contributed by atoms with van der Waals surface area (Å²) in [5, 5.41) is 6.51. The lowest BCUT2D eigenvalue weighted by molar-refractivity contribution is -0.641. The summed E-state index contributed by atoms with van der Waals surface area (Å²) >= 11 is 1.84. The van der Waals surface area contributed by atoms with Crippen LogP contribution in [0.25, 0.3) is 54.9 Å². The molecule has 0 saturated heterocycles. The van der Waals surface area contributed by atoms with Gasteiger partial charge in [0.05, 0.1) is 5.39 Å². The number of aryl methyl sites for hydroxylation is 2. The fraction of sp³-hybridized carbons (Fsp3) is 0.107. The highest BCUT2D eigenvalue weighted by Crippen LogP contribution is 2.31. The third-order valence-corrected chi connectivity index (χ3v) is 7.44. The maximum Gasteiger partial charge on any atom is 0.262 e. The van der Waals surface area contributed by atoms with Crippen molar-refractivity contribution >= 4 is 66.3 Å². The molecule has 32 heavy (non-hydrogen) atoms. The van der Waals surface area contributed by atoms with Gasteiger partial charge in [0, 0.05) is 34.4 Å². The van der Waals surface area contributed by atoms with Crippen LogP contribution in [0, 0.1) is 0 Å². The third kappa shape index (κ3) is 3.24. The van der Waals surface area contributed by atoms with Crippen LogP contribution in [-0.4, -0.2) is 4.57 Å². The van der Waals surface area contributed by atoms with Crippen molar-refractivity contribution in [2.75, 3.05) is 0 Å². The molecule has 0 aliphatic heterocycles. The second kappa shape index (κ2) is 8.34. The van der Waals surface area contributed by atoms with Crippen molar-refractivity contribution in [2.24, 2.45) is 7.05 Å². The molecule has 0 saturated carbocycles. The van der Waals surface area contributed by atoms with Gasteiger partial charge in [-0.1, -0.05) is 59.9 Å². The van der Waals surface area contributed by atoms with Gasteiger partial charge in [0.15, 0.2) is 0 Å². The Bertz CT molecular complexity index is 1640. The zero-order valence-corrected chi connectivity index (χ0v) is 21.0. The molecule has 2 aromatic heterocycles. The maximum absolute atomic E-state index is 2.40. The molecule has 4 heteroatoms. The van der Waals surface area contributed by atoms with Crippen LogP contribution in [0.2, 0.25) is 0 Å². The van der Waals surface area contributed by atoms with Gasteiger partial charge in [-0.2, -0.15) is 4.57 Å². The highest BCUT2D eigenvalue weighted by Gasteiger charge is 2.17. The number of nitrogens with zero attached hydrogens (tertiary/aromatic N) is 2. The Morgan fingerprint density at radius 1 is 0.812 bits per heavy atom. The van der Waals surface area contributed by atoms with E-state index >= 15 is 0 Å². The molecule has 0 aliphatic carbocycles. The highest BCUT2D eigenvalue weighted by atomic mass is 127. The summed E-state index contributed by atoms with van der Waals surface area (Å²) in [5.41, 5.74) is 5.15. The molecule has 0 N–H and O–H groups in total. The van der Waals surface area contributed by atoms with Gasteiger partial charge >= 0.3 is 0 Å². The summed E-state index contributed by atoms with van der Waals surface area (Å²) in [4.78, 5) is 0. The Morgan fingerprint density at radius 2 is 1.56 bits per heavy atom. The minimum Gasteiger partial charge on any atom is -1.00 e. The zero-order valence-electron chi connectivity index (χ0n) is 18.0. The summed E-state index contributed by atoms with van der Waals surface area (Å²) < 4.78 is 6.04. The predicted molar refractivity (Wildman–Crippen MR) is 135 cm³/mol. The first-order chi connectivity index (χ1) is 15.2. The predicted octanol–water partition coefficient (Wildman–Crippen LogP) is 4.18. The number of para-hydroxylation sites is 1. The Kier molecular flexibility index (Phi) is 5.51. The summed E-state index contributed by atoms with van der Waals surface area (Å²) in [6, 6.07) is 28.6. The number of aromatic nitrogens is 2. The minimum absolute atomic E-state index is 0. The van der Waals surface area contributed by atoms with Gasteiger partial charge in [0.25, 0.3) is 5.01 Å². The van der Waals surface area contributed by atoms with E-state index in [1.165, 1.54) is 53.4 Å². The standard InChI is InChI=1S/C28H23N2S.HI/c1-3-30-24-11-7-6-10-22(24)23-18-19(12-15-25(23)30)13-17-27-29(2)28-21-9-5-4-8-20(21)14-16-26(28)31-27;/h4-18H,3H2,1-2H3;1H/q+1;/p-1. The van der Waals surface area contributed by atoms with Gasteiger partial charge in [-0.3, -0.25) is 0 Å². The van der Waals surface area contributed by atoms with E-state index in [0.717, 1.165) is 6.54 Å². The molecule has 0 bridgehead atoms. The molecule has 0 aliphatic rings. The van der Waals surface area contributed by atoms with Crippen LogP contribution in [0.4, 0.5) is 0 Å². The fourth-order valence-corrected chi connectivity index (χ4v) is 5.85. The van der Waals surface area contributed by atoms with Gasteiger partial charge < -0.3 is 28.5 Å². The number of halogens is 1. The normalized spacial score (nSPS) is 11.8. The smallest absolute Gasteiger partial charge is 0.262 e. The molecular weight excluding hydrogens is 523 g/mol. The number of fused-ring (bicyclic) bond motifs is 6. The molecule has 0 spiro atoms. The first-order valence-corrected chi connectivity index (χ1v) is 11.6. The zero-order chi connectivity index (χ0) is 20.9. The van der Waals surface area contributed by atoms with Gasteiger partial charge in [-0.25, -0.2) is 0 Å². The number of hydrogen-bond acceptors (Lipinski definition) is 1. The van der Waals surface area contributed by atoms with E-state index in [0.29, 0.717) is 0 Å². The molecule has 6 rings (SSSR count). The fourth-order valence-electron chi connectivity index (χ4n) is 4.78. The van der Waals surface area contributed by atoms with E-state index in [2.05, 4.69) is 114 Å². The Labute approximate surface area is 208 Å². The van der Waals surface area contributed by atoms with Crippen LogP contribution in [-0.2, 0) is 13.6 Å². The average Bonchev–Trinajstić information content (AvgIpc) is 3.31. The first kappa shape index (κ1) is 21.2. The van der Waals surface area contributed by atoms with Crippen molar-refractivity contribution in [3.05, 3.63) is 89.4 Å². The topological polar surface area (TPSA) is 8.81 Å². The quantitative estimate of drug-likeness (QED) is 0.233. The Balaban J connectivity index is 0.00000216. The maximum atomic E-state index is 2.40. The molecule has 0 fully saturated rings. The van der Waals surface area contributed by atoms with Crippen molar-refractivity contribution in [1.82, 2.24) is 4.57 Å². The Hall–Kier alpha value is -2.70.